The van der Waals surface area contributed by atoms with Gasteiger partial charge >= 0.3 is 21.1 Å². The first kappa shape index (κ1) is 31.6. The van der Waals surface area contributed by atoms with Crippen LogP contribution in [0, 0.1) is 104 Å². The Labute approximate surface area is 219 Å². The van der Waals surface area contributed by atoms with E-state index in [1.165, 1.54) is 6.92 Å². The maximum Gasteiger partial charge on any atom is 2.00 e. The van der Waals surface area contributed by atoms with Crippen molar-refractivity contribution in [2.24, 2.45) is 0 Å². The molecule has 4 radical (unpaired) electrons. The Morgan fingerprint density at radius 1 is 1.05 bits per heavy atom. The average molecular weight is 915 g/mol. The summed E-state index contributed by atoms with van der Waals surface area (Å²) >= 11 is 0. The maximum absolute atomic E-state index is 11.6. The second-order valence-corrected chi connectivity index (χ2v) is 4.32. The van der Waals surface area contributed by atoms with E-state index in [1.54, 1.807) is 7.05 Å². The Kier molecular flexibility index (Phi) is 25.3. The van der Waals surface area contributed by atoms with Gasteiger partial charge in [0.2, 0.25) is 5.91 Å². The quantitative estimate of drug-likeness (QED) is 0.309. The molecular formula is C13H20N2O4PtRa2. The van der Waals surface area contributed by atoms with E-state index in [1.807, 2.05) is 0 Å². The van der Waals surface area contributed by atoms with E-state index < -0.39 is 29.6 Å². The summed E-state index contributed by atoms with van der Waals surface area (Å²) in [4.78, 5) is 44.8. The fourth-order valence-electron chi connectivity index (χ4n) is 1.57. The van der Waals surface area contributed by atoms with Crippen LogP contribution in [-0.2, 0) is 40.2 Å². The Hall–Kier alpha value is 1.80. The van der Waals surface area contributed by atoms with E-state index in [0.717, 1.165) is 0 Å². The van der Waals surface area contributed by atoms with Crippen LogP contribution in [0.15, 0.2) is 0 Å². The fraction of sp³-hybridized carbons (Fsp3) is 0.538. The summed E-state index contributed by atoms with van der Waals surface area (Å²) in [5.41, 5.74) is 0. The van der Waals surface area contributed by atoms with Gasteiger partial charge in [0.05, 0.1) is 12.1 Å². The van der Waals surface area contributed by atoms with Crippen molar-refractivity contribution in [1.82, 2.24) is 10.6 Å². The third-order valence-electron chi connectivity index (χ3n) is 2.65. The van der Waals surface area contributed by atoms with Gasteiger partial charge in [-0.3, -0.25) is 9.59 Å². The molecule has 1 amide bonds. The Bertz CT molecular complexity index is 381. The Balaban J connectivity index is -0.000000540. The van der Waals surface area contributed by atoms with Gasteiger partial charge in [-0.15, -0.1) is 0 Å². The second-order valence-electron chi connectivity index (χ2n) is 4.32. The van der Waals surface area contributed by atoms with Gasteiger partial charge in [0.25, 0.3) is 0 Å². The Morgan fingerprint density at radius 2 is 1.55 bits per heavy atom. The molecule has 22 heavy (non-hydrogen) atoms. The molecule has 9 heteroatoms. The molecule has 0 aliphatic carbocycles. The first-order valence-electron chi connectivity index (χ1n) is 5.95. The van der Waals surface area contributed by atoms with Crippen LogP contribution < -0.4 is 10.6 Å². The van der Waals surface area contributed by atoms with Crippen molar-refractivity contribution < 1.29 is 130 Å². The predicted octanol–water partition coefficient (Wildman–Crippen LogP) is -0.378. The number of hydrogen-bond acceptors (Lipinski definition) is 5. The van der Waals surface area contributed by atoms with Crippen LogP contribution in [0.1, 0.15) is 26.2 Å². The van der Waals surface area contributed by atoms with Gasteiger partial charge < -0.3 is 34.1 Å². The molecule has 0 aromatic rings. The standard InChI is InChI=1S/C13H20N2O4.Pt.2Ra/c1-8(16)7-12(10(3)18)15-13(19)6-5-11(14-4)9(2)17;;;/h11-12,14H,1,3,5-7H2,2,4H3,(H,15,19);;;/q-2;+2;;. The van der Waals surface area contributed by atoms with Gasteiger partial charge in [-0.05, 0) is 26.2 Å². The van der Waals surface area contributed by atoms with E-state index in [9.17, 15) is 19.2 Å². The predicted molar refractivity (Wildman–Crippen MR) is 70.0 cm³/mol. The van der Waals surface area contributed by atoms with Gasteiger partial charge in [-0.25, -0.2) is 0 Å². The minimum atomic E-state index is -0.942. The van der Waals surface area contributed by atoms with Crippen molar-refractivity contribution in [3.63, 3.8) is 0 Å². The summed E-state index contributed by atoms with van der Waals surface area (Å²) in [6.45, 7) is 7.77. The van der Waals surface area contributed by atoms with Crippen molar-refractivity contribution in [2.45, 2.75) is 38.3 Å². The molecule has 0 aromatic heterocycles. The number of carbonyl (C=O) groups is 4. The largest absolute Gasteiger partial charge is 2.00 e. The zero-order valence-corrected chi connectivity index (χ0v) is 27.0. The Morgan fingerprint density at radius 3 is 1.86 bits per heavy atom. The number of carbonyl (C=O) groups excluding carboxylic acids is 4. The fourth-order valence-corrected chi connectivity index (χ4v) is 1.57. The summed E-state index contributed by atoms with van der Waals surface area (Å²) in [6, 6.07) is -1.34. The van der Waals surface area contributed by atoms with Crippen molar-refractivity contribution in [1.29, 1.82) is 0 Å². The molecule has 2 atom stereocenters. The molecule has 0 aliphatic rings. The minimum absolute atomic E-state index is 0. The van der Waals surface area contributed by atoms with Crippen molar-refractivity contribution in [3.8, 4) is 0 Å². The summed E-state index contributed by atoms with van der Waals surface area (Å²) in [6.07, 6.45) is 0.241. The summed E-state index contributed by atoms with van der Waals surface area (Å²) in [5, 5.41) is 5.21. The van der Waals surface area contributed by atoms with E-state index >= 15 is 0 Å². The molecule has 0 heterocycles. The zero-order valence-electron chi connectivity index (χ0n) is 13.1. The number of amides is 1. The van der Waals surface area contributed by atoms with Gasteiger partial charge in [0.15, 0.2) is 0 Å². The molecule has 0 saturated carbocycles. The maximum atomic E-state index is 11.6. The molecule has 0 spiro atoms. The number of rotatable bonds is 9. The van der Waals surface area contributed by atoms with Crippen molar-refractivity contribution >= 4 is 23.3 Å². The topological polar surface area (TPSA) is 92.3 Å². The molecule has 0 aromatic carbocycles. The van der Waals surface area contributed by atoms with Crippen LogP contribution in [0.5, 0.6) is 0 Å². The van der Waals surface area contributed by atoms with Gasteiger partial charge in [-0.1, -0.05) is 0 Å². The molecule has 0 bridgehead atoms. The third-order valence-corrected chi connectivity index (χ3v) is 2.65. The number of likely N-dealkylation sites (N-methyl/N-ethyl adjacent to an activating group) is 1. The van der Waals surface area contributed by atoms with Crippen molar-refractivity contribution in [3.05, 3.63) is 13.8 Å². The SMILES string of the molecule is [CH2-]C(=O)CC(NC(=O)CCC(NC)C(C)=O)C([CH2-])=O.[Pt+2].[Ra].[Ra]. The molecule has 120 valence electrons. The van der Waals surface area contributed by atoms with Gasteiger partial charge in [0, 0.05) is 109 Å². The van der Waals surface area contributed by atoms with Crippen LogP contribution in [0.25, 0.3) is 0 Å². The number of nitrogens with one attached hydrogen (secondary N) is 2. The van der Waals surface area contributed by atoms with Crippen LogP contribution in [0.2, 0.25) is 0 Å². The number of hydrogen-bond donors (Lipinski definition) is 2. The molecule has 0 rings (SSSR count). The summed E-state index contributed by atoms with van der Waals surface area (Å²) in [7, 11) is 1.63. The normalized spacial score (nSPS) is 11.5. The van der Waals surface area contributed by atoms with E-state index in [-0.39, 0.29) is 130 Å². The second kappa shape index (κ2) is 17.6. The average Bonchev–Trinajstić information content (AvgIpc) is 2.27. The number of Topliss-reactive ketones (excluding diaryl/α,β-unsaturated/α-hetero) is 3. The molecule has 0 aliphatic heterocycles. The molecule has 6 nitrogen and oxygen atoms in total. The summed E-state index contributed by atoms with van der Waals surface area (Å²) in [5.74, 6) is -1.45. The minimum Gasteiger partial charge on any atom is -0.349 e. The molecule has 2 N–H and O–H groups in total. The molecule has 0 fully saturated rings. The van der Waals surface area contributed by atoms with Crippen LogP contribution in [0.3, 0.4) is 0 Å². The van der Waals surface area contributed by atoms with Gasteiger partial charge in [0.1, 0.15) is 5.78 Å². The monoisotopic (exact) mass is 915 g/mol. The van der Waals surface area contributed by atoms with Crippen molar-refractivity contribution in [2.75, 3.05) is 7.05 Å². The van der Waals surface area contributed by atoms with Gasteiger partial charge in [-0.2, -0.15) is 0 Å². The molecule has 0 saturated heterocycles. The first-order valence-corrected chi connectivity index (χ1v) is 5.95. The first-order chi connectivity index (χ1) is 8.77. The van der Waals surface area contributed by atoms with E-state index in [4.69, 9.17) is 0 Å². The zero-order chi connectivity index (χ0) is 15.0. The summed E-state index contributed by atoms with van der Waals surface area (Å²) < 4.78 is 0. The smallest absolute Gasteiger partial charge is 0.349 e. The van der Waals surface area contributed by atoms with E-state index in [2.05, 4.69) is 24.5 Å². The van der Waals surface area contributed by atoms with Crippen LogP contribution >= 0.6 is 0 Å². The van der Waals surface area contributed by atoms with Crippen LogP contribution in [-0.4, -0.2) is 42.4 Å². The third kappa shape index (κ3) is 15.3. The number of ketones is 3. The van der Waals surface area contributed by atoms with E-state index in [0.29, 0.717) is 6.42 Å². The molecule has 2 unspecified atom stereocenters. The van der Waals surface area contributed by atoms with Crippen LogP contribution in [0.4, 0.5) is 0 Å². The molecular weight excluding hydrogens is 895 g/mol.